The van der Waals surface area contributed by atoms with Gasteiger partial charge >= 0.3 is 5.97 Å². The van der Waals surface area contributed by atoms with E-state index >= 15 is 0 Å². The van der Waals surface area contributed by atoms with E-state index in [1.165, 1.54) is 0 Å². The summed E-state index contributed by atoms with van der Waals surface area (Å²) in [4.78, 5) is 25.2. The summed E-state index contributed by atoms with van der Waals surface area (Å²) >= 11 is 0. The Hall–Kier alpha value is -1.88. The monoisotopic (exact) mass is 290 g/mol. The molecule has 1 saturated heterocycles. The van der Waals surface area contributed by atoms with Gasteiger partial charge in [0.25, 0.3) is 0 Å². The number of carboxylic acids is 1. The van der Waals surface area contributed by atoms with Crippen LogP contribution in [0.4, 0.5) is 5.69 Å². The van der Waals surface area contributed by atoms with Crippen LogP contribution in [0.25, 0.3) is 0 Å². The van der Waals surface area contributed by atoms with Crippen molar-refractivity contribution in [1.29, 1.82) is 0 Å². The molecular formula is C16H22N2O3. The summed E-state index contributed by atoms with van der Waals surface area (Å²) in [5.74, 6) is -0.968. The lowest BCUT2D eigenvalue weighted by Gasteiger charge is -2.32. The fraction of sp³-hybridized carbons (Fsp3) is 0.500. The Morgan fingerprint density at radius 1 is 1.33 bits per heavy atom. The van der Waals surface area contributed by atoms with E-state index in [0.717, 1.165) is 25.1 Å². The maximum Gasteiger partial charge on any atom is 0.308 e. The molecule has 2 rings (SSSR count). The molecule has 1 aliphatic rings. The largest absolute Gasteiger partial charge is 0.481 e. The minimum absolute atomic E-state index is 0.0612. The van der Waals surface area contributed by atoms with Crippen molar-refractivity contribution in [1.82, 2.24) is 5.32 Å². The van der Waals surface area contributed by atoms with Crippen LogP contribution in [0.5, 0.6) is 0 Å². The van der Waals surface area contributed by atoms with E-state index in [0.29, 0.717) is 12.1 Å². The molecule has 2 N–H and O–H groups in total. The summed E-state index contributed by atoms with van der Waals surface area (Å²) in [5.41, 5.74) is 1.65. The number of Topliss-reactive ketones (excluding diaryl/α,β-unsaturated/α-hetero) is 1. The number of carboxylic acid groups (broad SMARTS) is 1. The van der Waals surface area contributed by atoms with Crippen molar-refractivity contribution in [3.8, 4) is 0 Å². The Balaban J connectivity index is 2.08. The number of nitrogens with one attached hydrogen (secondary N) is 1. The second-order valence-electron chi connectivity index (χ2n) is 5.54. The van der Waals surface area contributed by atoms with Gasteiger partial charge in [-0.1, -0.05) is 0 Å². The Morgan fingerprint density at radius 3 is 2.57 bits per heavy atom. The number of carbonyl (C=O) groups is 2. The molecule has 2 atom stereocenters. The van der Waals surface area contributed by atoms with E-state index in [9.17, 15) is 9.59 Å². The first-order valence-electron chi connectivity index (χ1n) is 7.32. The molecule has 0 aromatic heterocycles. The van der Waals surface area contributed by atoms with Crippen LogP contribution in [-0.2, 0) is 4.79 Å². The zero-order valence-corrected chi connectivity index (χ0v) is 12.5. The Labute approximate surface area is 125 Å². The van der Waals surface area contributed by atoms with Gasteiger partial charge in [0.2, 0.25) is 0 Å². The van der Waals surface area contributed by atoms with Gasteiger partial charge in [-0.25, -0.2) is 0 Å². The summed E-state index contributed by atoms with van der Waals surface area (Å²) in [7, 11) is 1.76. The van der Waals surface area contributed by atoms with Crippen LogP contribution in [0.15, 0.2) is 24.3 Å². The maximum absolute atomic E-state index is 12.1. The van der Waals surface area contributed by atoms with Crippen molar-refractivity contribution in [3.63, 3.8) is 0 Å². The zero-order valence-electron chi connectivity index (χ0n) is 12.5. The third-order valence-electron chi connectivity index (χ3n) is 4.11. The van der Waals surface area contributed by atoms with Gasteiger partial charge in [0.05, 0.1) is 12.0 Å². The molecule has 0 radical (unpaired) electrons. The quantitative estimate of drug-likeness (QED) is 0.809. The number of piperidine rings is 1. The van der Waals surface area contributed by atoms with Crippen LogP contribution in [-0.4, -0.2) is 43.0 Å². The van der Waals surface area contributed by atoms with E-state index in [1.807, 2.05) is 31.2 Å². The Bertz CT molecular complexity index is 513. The normalized spacial score (nSPS) is 20.1. The lowest BCUT2D eigenvalue weighted by molar-refractivity contribution is -0.141. The summed E-state index contributed by atoms with van der Waals surface area (Å²) in [6.07, 6.45) is 1.62. The molecule has 0 spiro atoms. The van der Waals surface area contributed by atoms with Crippen molar-refractivity contribution in [2.45, 2.75) is 25.8 Å². The van der Waals surface area contributed by atoms with Gasteiger partial charge < -0.3 is 15.3 Å². The van der Waals surface area contributed by atoms with Crippen molar-refractivity contribution in [2.75, 3.05) is 25.0 Å². The molecule has 114 valence electrons. The number of rotatable bonds is 5. The van der Waals surface area contributed by atoms with E-state index in [1.54, 1.807) is 7.05 Å². The number of carbonyl (C=O) groups excluding carboxylic acids is 1. The minimum Gasteiger partial charge on any atom is -0.481 e. The van der Waals surface area contributed by atoms with E-state index in [-0.39, 0.29) is 17.7 Å². The molecule has 0 saturated carbocycles. The van der Waals surface area contributed by atoms with Gasteiger partial charge in [0, 0.05) is 24.3 Å². The van der Waals surface area contributed by atoms with Crippen molar-refractivity contribution >= 4 is 17.4 Å². The van der Waals surface area contributed by atoms with Gasteiger partial charge in [0.1, 0.15) is 0 Å². The number of anilines is 1. The molecule has 1 aliphatic heterocycles. The second-order valence-corrected chi connectivity index (χ2v) is 5.54. The number of aliphatic carboxylic acids is 1. The first kappa shape index (κ1) is 15.5. The van der Waals surface area contributed by atoms with Gasteiger partial charge in [-0.05, 0) is 51.1 Å². The molecule has 2 unspecified atom stereocenters. The zero-order chi connectivity index (χ0) is 15.4. The topological polar surface area (TPSA) is 69.6 Å². The molecule has 21 heavy (non-hydrogen) atoms. The van der Waals surface area contributed by atoms with Crippen LogP contribution in [0.3, 0.4) is 0 Å². The number of likely N-dealkylation sites (N-methyl/N-ethyl adjacent to an activating group) is 1. The SMILES string of the molecule is CNC(C)C(=O)c1ccc(N2CCCC(C(=O)O)C2)cc1. The summed E-state index contributed by atoms with van der Waals surface area (Å²) in [6.45, 7) is 3.23. The van der Waals surface area contributed by atoms with Crippen molar-refractivity contribution < 1.29 is 14.7 Å². The molecular weight excluding hydrogens is 268 g/mol. The first-order chi connectivity index (χ1) is 10.0. The van der Waals surface area contributed by atoms with Crippen LogP contribution in [0, 0.1) is 5.92 Å². The van der Waals surface area contributed by atoms with Gasteiger partial charge in [0.15, 0.2) is 5.78 Å². The second kappa shape index (κ2) is 6.72. The molecule has 0 bridgehead atoms. The van der Waals surface area contributed by atoms with Crippen molar-refractivity contribution in [2.24, 2.45) is 5.92 Å². The molecule has 1 heterocycles. The smallest absolute Gasteiger partial charge is 0.308 e. The fourth-order valence-electron chi connectivity index (χ4n) is 2.63. The fourth-order valence-corrected chi connectivity index (χ4v) is 2.63. The number of benzene rings is 1. The average molecular weight is 290 g/mol. The standard InChI is InChI=1S/C16H22N2O3/c1-11(17-2)15(19)12-5-7-14(8-6-12)18-9-3-4-13(10-18)16(20)21/h5-8,11,13,17H,3-4,9-10H2,1-2H3,(H,20,21). The van der Waals surface area contributed by atoms with Gasteiger partial charge in [-0.3, -0.25) is 9.59 Å². The molecule has 0 amide bonds. The molecule has 0 aliphatic carbocycles. The molecule has 1 aromatic rings. The third kappa shape index (κ3) is 3.61. The number of ketones is 1. The summed E-state index contributed by atoms with van der Waals surface area (Å²) in [6, 6.07) is 7.23. The number of nitrogens with zero attached hydrogens (tertiary/aromatic N) is 1. The lowest BCUT2D eigenvalue weighted by Crippen LogP contribution is -2.38. The van der Waals surface area contributed by atoms with Crippen molar-refractivity contribution in [3.05, 3.63) is 29.8 Å². The van der Waals surface area contributed by atoms with E-state index in [4.69, 9.17) is 5.11 Å². The molecule has 5 heteroatoms. The summed E-state index contributed by atoms with van der Waals surface area (Å²) < 4.78 is 0. The highest BCUT2D eigenvalue weighted by atomic mass is 16.4. The highest BCUT2D eigenvalue weighted by Crippen LogP contribution is 2.24. The predicted octanol–water partition coefficient (Wildman–Crippen LogP) is 1.78. The van der Waals surface area contributed by atoms with Crippen LogP contribution in [0.2, 0.25) is 0 Å². The number of hydrogen-bond donors (Lipinski definition) is 2. The molecule has 5 nitrogen and oxygen atoms in total. The number of hydrogen-bond acceptors (Lipinski definition) is 4. The van der Waals surface area contributed by atoms with Gasteiger partial charge in [-0.15, -0.1) is 0 Å². The van der Waals surface area contributed by atoms with Gasteiger partial charge in [-0.2, -0.15) is 0 Å². The van der Waals surface area contributed by atoms with Crippen LogP contribution >= 0.6 is 0 Å². The van der Waals surface area contributed by atoms with E-state index < -0.39 is 5.97 Å². The van der Waals surface area contributed by atoms with Crippen LogP contribution in [0.1, 0.15) is 30.1 Å². The first-order valence-corrected chi connectivity index (χ1v) is 7.32. The third-order valence-corrected chi connectivity index (χ3v) is 4.11. The average Bonchev–Trinajstić information content (AvgIpc) is 2.53. The van der Waals surface area contributed by atoms with E-state index in [2.05, 4.69) is 10.2 Å². The highest BCUT2D eigenvalue weighted by Gasteiger charge is 2.25. The Morgan fingerprint density at radius 2 is 2.00 bits per heavy atom. The summed E-state index contributed by atoms with van der Waals surface area (Å²) in [5, 5.41) is 12.1. The minimum atomic E-state index is -0.727. The maximum atomic E-state index is 12.1. The lowest BCUT2D eigenvalue weighted by atomic mass is 9.97. The van der Waals surface area contributed by atoms with Crippen LogP contribution < -0.4 is 10.2 Å². The predicted molar refractivity (Wildman–Crippen MR) is 81.9 cm³/mol. The molecule has 1 aromatic carbocycles. The molecule has 1 fully saturated rings. The highest BCUT2D eigenvalue weighted by molar-refractivity contribution is 6.00. The Kier molecular flexibility index (Phi) is 4.96.